The molecule has 1 atom stereocenters. The van der Waals surface area contributed by atoms with Crippen LogP contribution in [-0.4, -0.2) is 18.5 Å². The van der Waals surface area contributed by atoms with Crippen LogP contribution in [0.15, 0.2) is 30.3 Å². The molecule has 0 fully saturated rings. The summed E-state index contributed by atoms with van der Waals surface area (Å²) in [5, 5.41) is 6.21. The van der Waals surface area contributed by atoms with Gasteiger partial charge in [0, 0.05) is 12.6 Å². The lowest BCUT2D eigenvalue weighted by atomic mass is 10.0. The lowest BCUT2D eigenvalue weighted by molar-refractivity contribution is -0.120. The van der Waals surface area contributed by atoms with Gasteiger partial charge >= 0.3 is 0 Å². The van der Waals surface area contributed by atoms with Crippen molar-refractivity contribution in [3.63, 3.8) is 0 Å². The first-order valence-electron chi connectivity index (χ1n) is 6.67. The minimum Gasteiger partial charge on any atom is -0.351 e. The molecule has 1 unspecified atom stereocenters. The van der Waals surface area contributed by atoms with E-state index in [-0.39, 0.29) is 5.91 Å². The summed E-state index contributed by atoms with van der Waals surface area (Å²) in [6, 6.07) is 10.4. The number of carbonyl (C=O) groups excluding carboxylic acids is 1. The monoisotopic (exact) mass is 248 g/mol. The van der Waals surface area contributed by atoms with Crippen molar-refractivity contribution < 1.29 is 4.79 Å². The molecule has 0 aliphatic carbocycles. The summed E-state index contributed by atoms with van der Waals surface area (Å²) >= 11 is 0. The number of benzene rings is 1. The van der Waals surface area contributed by atoms with Crippen molar-refractivity contribution in [3.05, 3.63) is 35.9 Å². The molecule has 3 heteroatoms. The third kappa shape index (κ3) is 5.32. The van der Waals surface area contributed by atoms with Crippen LogP contribution in [0.4, 0.5) is 0 Å². The number of nitrogens with one attached hydrogen (secondary N) is 2. The molecule has 0 bridgehead atoms. The van der Waals surface area contributed by atoms with Crippen molar-refractivity contribution >= 4 is 5.91 Å². The lowest BCUT2D eigenvalue weighted by Gasteiger charge is -2.20. The Morgan fingerprint density at radius 3 is 2.44 bits per heavy atom. The molecule has 1 rings (SSSR count). The molecule has 0 saturated carbocycles. The summed E-state index contributed by atoms with van der Waals surface area (Å²) in [5.41, 5.74) is 1.13. The van der Waals surface area contributed by atoms with Gasteiger partial charge in [0.1, 0.15) is 0 Å². The zero-order valence-corrected chi connectivity index (χ0v) is 11.6. The van der Waals surface area contributed by atoms with E-state index in [4.69, 9.17) is 0 Å². The van der Waals surface area contributed by atoms with Gasteiger partial charge in [0.2, 0.25) is 5.91 Å². The van der Waals surface area contributed by atoms with Gasteiger partial charge < -0.3 is 10.6 Å². The molecule has 0 aliphatic rings. The summed E-state index contributed by atoms with van der Waals surface area (Å²) in [6.07, 6.45) is 1.05. The summed E-state index contributed by atoms with van der Waals surface area (Å²) in [6.45, 7) is 7.47. The average molecular weight is 248 g/mol. The second kappa shape index (κ2) is 7.88. The van der Waals surface area contributed by atoms with Gasteiger partial charge in [-0.05, 0) is 17.9 Å². The van der Waals surface area contributed by atoms with Crippen LogP contribution in [0.5, 0.6) is 0 Å². The van der Waals surface area contributed by atoms with Crippen LogP contribution in [0.1, 0.15) is 32.8 Å². The Morgan fingerprint density at radius 2 is 1.89 bits per heavy atom. The van der Waals surface area contributed by atoms with Gasteiger partial charge in [-0.25, -0.2) is 0 Å². The quantitative estimate of drug-likeness (QED) is 0.777. The van der Waals surface area contributed by atoms with Crippen molar-refractivity contribution in [3.8, 4) is 0 Å². The molecule has 0 aliphatic heterocycles. The first kappa shape index (κ1) is 14.7. The van der Waals surface area contributed by atoms with Crippen LogP contribution < -0.4 is 10.6 Å². The zero-order chi connectivity index (χ0) is 13.4. The SMILES string of the molecule is CCC(NCC(=O)NCc1ccccc1)C(C)C. The molecular formula is C15H24N2O. The second-order valence-corrected chi connectivity index (χ2v) is 4.90. The fourth-order valence-corrected chi connectivity index (χ4v) is 1.93. The Balaban J connectivity index is 2.26. The van der Waals surface area contributed by atoms with Gasteiger partial charge in [-0.2, -0.15) is 0 Å². The number of hydrogen-bond donors (Lipinski definition) is 2. The third-order valence-corrected chi connectivity index (χ3v) is 3.10. The number of carbonyl (C=O) groups is 1. The maximum atomic E-state index is 11.7. The van der Waals surface area contributed by atoms with E-state index in [0.717, 1.165) is 12.0 Å². The largest absolute Gasteiger partial charge is 0.351 e. The fraction of sp³-hybridized carbons (Fsp3) is 0.533. The summed E-state index contributed by atoms with van der Waals surface area (Å²) < 4.78 is 0. The highest BCUT2D eigenvalue weighted by atomic mass is 16.1. The summed E-state index contributed by atoms with van der Waals surface area (Å²) in [7, 11) is 0. The van der Waals surface area contributed by atoms with Crippen molar-refractivity contribution in [2.45, 2.75) is 39.8 Å². The Bertz CT molecular complexity index is 349. The van der Waals surface area contributed by atoms with Crippen LogP contribution in [0.3, 0.4) is 0 Å². The molecule has 0 aromatic heterocycles. The standard InChI is InChI=1S/C15H24N2O/c1-4-14(12(2)3)16-11-15(18)17-10-13-8-6-5-7-9-13/h5-9,12,14,16H,4,10-11H2,1-3H3,(H,17,18). The topological polar surface area (TPSA) is 41.1 Å². The Hall–Kier alpha value is -1.35. The smallest absolute Gasteiger partial charge is 0.234 e. The minimum absolute atomic E-state index is 0.0537. The van der Waals surface area contributed by atoms with E-state index in [9.17, 15) is 4.79 Å². The Kier molecular flexibility index (Phi) is 6.44. The van der Waals surface area contributed by atoms with Crippen LogP contribution >= 0.6 is 0 Å². The molecule has 100 valence electrons. The first-order valence-corrected chi connectivity index (χ1v) is 6.67. The third-order valence-electron chi connectivity index (χ3n) is 3.10. The maximum Gasteiger partial charge on any atom is 0.234 e. The maximum absolute atomic E-state index is 11.7. The van der Waals surface area contributed by atoms with E-state index in [1.165, 1.54) is 0 Å². The zero-order valence-electron chi connectivity index (χ0n) is 11.6. The fourth-order valence-electron chi connectivity index (χ4n) is 1.93. The predicted molar refractivity (Wildman–Crippen MR) is 75.2 cm³/mol. The molecule has 0 heterocycles. The highest BCUT2D eigenvalue weighted by Gasteiger charge is 2.11. The molecule has 1 amide bonds. The van der Waals surface area contributed by atoms with Crippen molar-refractivity contribution in [1.82, 2.24) is 10.6 Å². The number of rotatable bonds is 7. The summed E-state index contributed by atoms with van der Waals surface area (Å²) in [5.74, 6) is 0.606. The number of hydrogen-bond acceptors (Lipinski definition) is 2. The van der Waals surface area contributed by atoms with Crippen molar-refractivity contribution in [1.29, 1.82) is 0 Å². The lowest BCUT2D eigenvalue weighted by Crippen LogP contribution is -2.41. The molecule has 18 heavy (non-hydrogen) atoms. The van der Waals surface area contributed by atoms with Crippen LogP contribution in [0.25, 0.3) is 0 Å². The molecule has 0 radical (unpaired) electrons. The van der Waals surface area contributed by atoms with Gasteiger partial charge in [0.15, 0.2) is 0 Å². The molecule has 1 aromatic carbocycles. The normalized spacial score (nSPS) is 12.4. The van der Waals surface area contributed by atoms with E-state index in [1.807, 2.05) is 30.3 Å². The molecule has 0 spiro atoms. The highest BCUT2D eigenvalue weighted by Crippen LogP contribution is 2.04. The molecule has 1 aromatic rings. The predicted octanol–water partition coefficient (Wildman–Crippen LogP) is 2.33. The summed E-state index contributed by atoms with van der Waals surface area (Å²) in [4.78, 5) is 11.7. The van der Waals surface area contributed by atoms with Crippen molar-refractivity contribution in [2.24, 2.45) is 5.92 Å². The van der Waals surface area contributed by atoms with Gasteiger partial charge in [0.25, 0.3) is 0 Å². The van der Waals surface area contributed by atoms with E-state index in [1.54, 1.807) is 0 Å². The van der Waals surface area contributed by atoms with Crippen LogP contribution in [0.2, 0.25) is 0 Å². The molecule has 3 nitrogen and oxygen atoms in total. The van der Waals surface area contributed by atoms with Crippen molar-refractivity contribution in [2.75, 3.05) is 6.54 Å². The van der Waals surface area contributed by atoms with E-state index >= 15 is 0 Å². The van der Waals surface area contributed by atoms with Gasteiger partial charge in [0.05, 0.1) is 6.54 Å². The average Bonchev–Trinajstić information content (AvgIpc) is 2.38. The van der Waals surface area contributed by atoms with E-state index in [2.05, 4.69) is 31.4 Å². The van der Waals surface area contributed by atoms with Crippen LogP contribution in [-0.2, 0) is 11.3 Å². The van der Waals surface area contributed by atoms with Gasteiger partial charge in [-0.15, -0.1) is 0 Å². The molecular weight excluding hydrogens is 224 g/mol. The molecule has 0 saturated heterocycles. The van der Waals surface area contributed by atoms with Gasteiger partial charge in [-0.1, -0.05) is 51.1 Å². The minimum atomic E-state index is 0.0537. The Labute approximate surface area is 110 Å². The number of amides is 1. The molecule has 2 N–H and O–H groups in total. The van der Waals surface area contributed by atoms with E-state index < -0.39 is 0 Å². The second-order valence-electron chi connectivity index (χ2n) is 4.90. The Morgan fingerprint density at radius 1 is 1.22 bits per heavy atom. The highest BCUT2D eigenvalue weighted by molar-refractivity contribution is 5.78. The van der Waals surface area contributed by atoms with E-state index in [0.29, 0.717) is 25.0 Å². The van der Waals surface area contributed by atoms with Gasteiger partial charge in [-0.3, -0.25) is 4.79 Å². The van der Waals surface area contributed by atoms with Crippen LogP contribution in [0, 0.1) is 5.92 Å². The first-order chi connectivity index (χ1) is 8.63.